The molecule has 0 aromatic rings. The first-order chi connectivity index (χ1) is 9.97. The van der Waals surface area contributed by atoms with Crippen molar-refractivity contribution in [3.63, 3.8) is 0 Å². The van der Waals surface area contributed by atoms with Crippen molar-refractivity contribution in [3.8, 4) is 0 Å². The SMILES string of the molecule is C[C@]12CCCCC1=CC(O)[C@@H]1[C@@H]2CC[C@]2(C)C(=O)CC[C@@H]12. The molecule has 4 aliphatic rings. The molecular weight excluding hydrogens is 260 g/mol. The summed E-state index contributed by atoms with van der Waals surface area (Å²) in [5.41, 5.74) is 1.68. The molecule has 1 N–H and O–H groups in total. The molecule has 4 aliphatic carbocycles. The van der Waals surface area contributed by atoms with Crippen LogP contribution in [0, 0.1) is 28.6 Å². The van der Waals surface area contributed by atoms with Crippen molar-refractivity contribution in [2.45, 2.75) is 71.3 Å². The van der Waals surface area contributed by atoms with Crippen LogP contribution in [-0.2, 0) is 4.79 Å². The largest absolute Gasteiger partial charge is 0.389 e. The van der Waals surface area contributed by atoms with E-state index in [0.717, 1.165) is 25.7 Å². The van der Waals surface area contributed by atoms with Gasteiger partial charge in [-0.15, -0.1) is 0 Å². The predicted octanol–water partition coefficient (Wildman–Crippen LogP) is 3.88. The number of rotatable bonds is 0. The van der Waals surface area contributed by atoms with Gasteiger partial charge in [0.2, 0.25) is 0 Å². The maximum Gasteiger partial charge on any atom is 0.139 e. The van der Waals surface area contributed by atoms with E-state index in [-0.39, 0.29) is 11.5 Å². The van der Waals surface area contributed by atoms with Crippen LogP contribution in [0.3, 0.4) is 0 Å². The molecule has 0 radical (unpaired) electrons. The fraction of sp³-hybridized carbons (Fsp3) is 0.842. The van der Waals surface area contributed by atoms with Crippen LogP contribution in [-0.4, -0.2) is 17.0 Å². The molecule has 3 saturated carbocycles. The van der Waals surface area contributed by atoms with E-state index in [2.05, 4.69) is 19.9 Å². The number of aliphatic hydroxyl groups excluding tert-OH is 1. The van der Waals surface area contributed by atoms with Crippen molar-refractivity contribution in [1.29, 1.82) is 0 Å². The quantitative estimate of drug-likeness (QED) is 0.687. The summed E-state index contributed by atoms with van der Waals surface area (Å²) < 4.78 is 0. The van der Waals surface area contributed by atoms with Crippen molar-refractivity contribution in [2.75, 3.05) is 0 Å². The van der Waals surface area contributed by atoms with Gasteiger partial charge in [0.1, 0.15) is 5.78 Å². The van der Waals surface area contributed by atoms with E-state index in [4.69, 9.17) is 0 Å². The zero-order valence-corrected chi connectivity index (χ0v) is 13.4. The van der Waals surface area contributed by atoms with Gasteiger partial charge in [-0.1, -0.05) is 31.9 Å². The van der Waals surface area contributed by atoms with Gasteiger partial charge in [0, 0.05) is 11.8 Å². The minimum atomic E-state index is -0.313. The molecule has 6 atom stereocenters. The second-order valence-corrected chi connectivity index (χ2v) is 8.52. The molecule has 0 bridgehead atoms. The van der Waals surface area contributed by atoms with Gasteiger partial charge in [0.25, 0.3) is 0 Å². The second kappa shape index (κ2) is 4.44. The highest BCUT2D eigenvalue weighted by molar-refractivity contribution is 5.87. The summed E-state index contributed by atoms with van der Waals surface area (Å²) >= 11 is 0. The lowest BCUT2D eigenvalue weighted by molar-refractivity contribution is -0.135. The number of hydrogen-bond acceptors (Lipinski definition) is 2. The number of fused-ring (bicyclic) bond motifs is 5. The fourth-order valence-electron chi connectivity index (χ4n) is 6.46. The molecule has 0 aromatic heterocycles. The molecule has 0 amide bonds. The molecule has 0 saturated heterocycles. The average Bonchev–Trinajstić information content (AvgIpc) is 2.76. The predicted molar refractivity (Wildman–Crippen MR) is 82.7 cm³/mol. The Bertz CT molecular complexity index is 508. The number of carbonyl (C=O) groups excluding carboxylic acids is 1. The summed E-state index contributed by atoms with van der Waals surface area (Å²) in [6.45, 7) is 4.62. The third kappa shape index (κ3) is 1.72. The molecule has 116 valence electrons. The number of allylic oxidation sites excluding steroid dienone is 1. The van der Waals surface area contributed by atoms with Crippen LogP contribution in [0.2, 0.25) is 0 Å². The number of carbonyl (C=O) groups is 1. The summed E-state index contributed by atoms with van der Waals surface area (Å²) in [5.74, 6) is 1.79. The average molecular weight is 288 g/mol. The van der Waals surface area contributed by atoms with Crippen LogP contribution in [0.25, 0.3) is 0 Å². The van der Waals surface area contributed by atoms with Gasteiger partial charge >= 0.3 is 0 Å². The summed E-state index contributed by atoms with van der Waals surface area (Å²) in [4.78, 5) is 12.4. The van der Waals surface area contributed by atoms with Crippen LogP contribution in [0.5, 0.6) is 0 Å². The highest BCUT2D eigenvalue weighted by Gasteiger charge is 2.60. The van der Waals surface area contributed by atoms with Crippen molar-refractivity contribution in [2.24, 2.45) is 28.6 Å². The molecule has 0 spiro atoms. The van der Waals surface area contributed by atoms with Crippen LogP contribution < -0.4 is 0 Å². The first-order valence-electron chi connectivity index (χ1n) is 8.89. The van der Waals surface area contributed by atoms with E-state index in [1.54, 1.807) is 0 Å². The van der Waals surface area contributed by atoms with Gasteiger partial charge in [0.15, 0.2) is 0 Å². The van der Waals surface area contributed by atoms with Gasteiger partial charge in [-0.3, -0.25) is 4.79 Å². The monoisotopic (exact) mass is 288 g/mol. The van der Waals surface area contributed by atoms with E-state index < -0.39 is 0 Å². The Balaban J connectivity index is 1.76. The molecule has 2 heteroatoms. The van der Waals surface area contributed by atoms with E-state index in [0.29, 0.717) is 29.0 Å². The molecule has 0 heterocycles. The standard InChI is InChI=1S/C19H28O2/c1-18-9-4-3-5-12(18)11-15(20)17-13-6-7-16(21)19(13,2)10-8-14(17)18/h11,13-15,17,20H,3-10H2,1-2H3/t13-,14-,15?,17-,18-,19-/m0/s1. The highest BCUT2D eigenvalue weighted by atomic mass is 16.3. The maximum absolute atomic E-state index is 12.4. The first kappa shape index (κ1) is 14.0. The first-order valence-corrected chi connectivity index (χ1v) is 8.89. The number of Topliss-reactive ketones (excluding diaryl/α,β-unsaturated/α-hetero) is 1. The Morgan fingerprint density at radius 3 is 2.62 bits per heavy atom. The van der Waals surface area contributed by atoms with E-state index in [1.807, 2.05) is 0 Å². The maximum atomic E-state index is 12.4. The normalized spacial score (nSPS) is 52.7. The van der Waals surface area contributed by atoms with Gasteiger partial charge in [-0.05, 0) is 61.7 Å². The molecule has 0 aliphatic heterocycles. The third-order valence-electron chi connectivity index (χ3n) is 7.75. The molecule has 4 rings (SSSR count). The Hall–Kier alpha value is -0.630. The zero-order chi connectivity index (χ0) is 14.8. The smallest absolute Gasteiger partial charge is 0.139 e. The van der Waals surface area contributed by atoms with Crippen molar-refractivity contribution in [1.82, 2.24) is 0 Å². The van der Waals surface area contributed by atoms with Crippen molar-refractivity contribution < 1.29 is 9.90 Å². The Labute approximate surface area is 128 Å². The van der Waals surface area contributed by atoms with Crippen LogP contribution >= 0.6 is 0 Å². The summed E-state index contributed by atoms with van der Waals surface area (Å²) in [6.07, 6.45) is 10.9. The van der Waals surface area contributed by atoms with Gasteiger partial charge in [0.05, 0.1) is 6.10 Å². The van der Waals surface area contributed by atoms with E-state index in [9.17, 15) is 9.90 Å². The highest BCUT2D eigenvalue weighted by Crippen LogP contribution is 2.63. The second-order valence-electron chi connectivity index (χ2n) is 8.52. The summed E-state index contributed by atoms with van der Waals surface area (Å²) in [7, 11) is 0. The lowest BCUT2D eigenvalue weighted by Gasteiger charge is -2.57. The Morgan fingerprint density at radius 2 is 1.81 bits per heavy atom. The van der Waals surface area contributed by atoms with Crippen LogP contribution in [0.1, 0.15) is 65.2 Å². The third-order valence-corrected chi connectivity index (χ3v) is 7.75. The number of hydrogen-bond donors (Lipinski definition) is 1. The van der Waals surface area contributed by atoms with Gasteiger partial charge in [-0.25, -0.2) is 0 Å². The number of ketones is 1. The van der Waals surface area contributed by atoms with E-state index >= 15 is 0 Å². The molecule has 1 unspecified atom stereocenters. The van der Waals surface area contributed by atoms with Crippen LogP contribution in [0.15, 0.2) is 11.6 Å². The molecule has 0 aromatic carbocycles. The van der Waals surface area contributed by atoms with Crippen molar-refractivity contribution >= 4 is 5.78 Å². The summed E-state index contributed by atoms with van der Waals surface area (Å²) in [5, 5.41) is 10.8. The molecule has 2 nitrogen and oxygen atoms in total. The van der Waals surface area contributed by atoms with E-state index in [1.165, 1.54) is 31.3 Å². The Kier molecular flexibility index (Phi) is 2.96. The minimum Gasteiger partial charge on any atom is -0.389 e. The fourth-order valence-corrected chi connectivity index (χ4v) is 6.46. The van der Waals surface area contributed by atoms with Crippen LogP contribution in [0.4, 0.5) is 0 Å². The lowest BCUT2D eigenvalue weighted by Crippen LogP contribution is -2.54. The van der Waals surface area contributed by atoms with Crippen molar-refractivity contribution in [3.05, 3.63) is 11.6 Å². The van der Waals surface area contributed by atoms with Gasteiger partial charge < -0.3 is 5.11 Å². The summed E-state index contributed by atoms with van der Waals surface area (Å²) in [6, 6.07) is 0. The zero-order valence-electron chi connectivity index (χ0n) is 13.4. The molecular formula is C19H28O2. The molecule has 21 heavy (non-hydrogen) atoms. The number of aliphatic hydroxyl groups is 1. The lowest BCUT2D eigenvalue weighted by atomic mass is 9.47. The van der Waals surface area contributed by atoms with Gasteiger partial charge in [-0.2, -0.15) is 0 Å². The topological polar surface area (TPSA) is 37.3 Å². The molecule has 3 fully saturated rings. The Morgan fingerprint density at radius 1 is 1.05 bits per heavy atom. The minimum absolute atomic E-state index is 0.140.